The molecule has 0 heterocycles. The highest BCUT2D eigenvalue weighted by Crippen LogP contribution is 2.23. The third-order valence-electron chi connectivity index (χ3n) is 2.13. The first kappa shape index (κ1) is 7.76. The lowest BCUT2D eigenvalue weighted by Gasteiger charge is -2.23. The first-order chi connectivity index (χ1) is 4.74. The molecule has 0 bridgehead atoms. The fourth-order valence-electron chi connectivity index (χ4n) is 1.32. The number of aliphatic hydroxyl groups is 2. The van der Waals surface area contributed by atoms with Gasteiger partial charge >= 0.3 is 0 Å². The van der Waals surface area contributed by atoms with E-state index in [9.17, 15) is 5.11 Å². The monoisotopic (exact) mass is 142 g/mol. The molecule has 2 atom stereocenters. The summed E-state index contributed by atoms with van der Waals surface area (Å²) in [5.74, 6) is 0.198. The smallest absolute Gasteiger partial charge is 0.0581 e. The average molecular weight is 142 g/mol. The lowest BCUT2D eigenvalue weighted by Crippen LogP contribution is -2.21. The number of hydrogen-bond acceptors (Lipinski definition) is 2. The van der Waals surface area contributed by atoms with Gasteiger partial charge < -0.3 is 10.2 Å². The van der Waals surface area contributed by atoms with Gasteiger partial charge in [0.2, 0.25) is 0 Å². The topological polar surface area (TPSA) is 40.5 Å². The van der Waals surface area contributed by atoms with Gasteiger partial charge in [0.25, 0.3) is 0 Å². The Morgan fingerprint density at radius 1 is 1.70 bits per heavy atom. The molecule has 0 aromatic rings. The Morgan fingerprint density at radius 3 is 2.90 bits per heavy atom. The molecule has 1 rings (SSSR count). The van der Waals surface area contributed by atoms with E-state index in [0.29, 0.717) is 0 Å². The van der Waals surface area contributed by atoms with E-state index in [1.54, 1.807) is 0 Å². The third kappa shape index (κ3) is 1.58. The Balaban J connectivity index is 2.56. The van der Waals surface area contributed by atoms with Gasteiger partial charge in [0.1, 0.15) is 0 Å². The van der Waals surface area contributed by atoms with Gasteiger partial charge in [0.15, 0.2) is 0 Å². The number of hydrogen-bond donors (Lipinski definition) is 2. The van der Waals surface area contributed by atoms with Crippen LogP contribution in [0.4, 0.5) is 0 Å². The van der Waals surface area contributed by atoms with E-state index < -0.39 is 0 Å². The first-order valence-corrected chi connectivity index (χ1v) is 3.69. The summed E-state index contributed by atoms with van der Waals surface area (Å²) in [5, 5.41) is 18.0. The molecular formula is C8H14O2. The summed E-state index contributed by atoms with van der Waals surface area (Å²) in [6.07, 6.45) is 3.25. The van der Waals surface area contributed by atoms with Crippen LogP contribution >= 0.6 is 0 Å². The van der Waals surface area contributed by atoms with Crippen molar-refractivity contribution in [2.75, 3.05) is 6.61 Å². The average Bonchev–Trinajstić information content (AvgIpc) is 1.94. The molecule has 10 heavy (non-hydrogen) atoms. The predicted octanol–water partition coefficient (Wildman–Crippen LogP) is 0.696. The van der Waals surface area contributed by atoms with Crippen LogP contribution in [0.1, 0.15) is 19.8 Å². The van der Waals surface area contributed by atoms with Crippen LogP contribution in [-0.4, -0.2) is 22.9 Å². The van der Waals surface area contributed by atoms with Crippen molar-refractivity contribution in [2.45, 2.75) is 25.9 Å². The summed E-state index contributed by atoms with van der Waals surface area (Å²) in [5.41, 5.74) is 1.22. The minimum Gasteiger partial charge on any atom is -0.396 e. The SMILES string of the molecule is CC1=CC[C@@H](O)C[C@@H]1CO. The maximum Gasteiger partial charge on any atom is 0.0581 e. The molecule has 2 nitrogen and oxygen atoms in total. The van der Waals surface area contributed by atoms with Crippen LogP contribution in [0.25, 0.3) is 0 Å². The van der Waals surface area contributed by atoms with Crippen LogP contribution < -0.4 is 0 Å². The van der Waals surface area contributed by atoms with Crippen LogP contribution in [0.15, 0.2) is 11.6 Å². The van der Waals surface area contributed by atoms with Crippen molar-refractivity contribution in [3.8, 4) is 0 Å². The van der Waals surface area contributed by atoms with E-state index in [4.69, 9.17) is 5.11 Å². The van der Waals surface area contributed by atoms with Gasteiger partial charge in [0.05, 0.1) is 6.10 Å². The van der Waals surface area contributed by atoms with Gasteiger partial charge in [0, 0.05) is 12.5 Å². The number of aliphatic hydroxyl groups excluding tert-OH is 2. The molecule has 1 aliphatic rings. The summed E-state index contributed by atoms with van der Waals surface area (Å²) in [6, 6.07) is 0. The lowest BCUT2D eigenvalue weighted by molar-refractivity contribution is 0.120. The van der Waals surface area contributed by atoms with Crippen LogP contribution in [0, 0.1) is 5.92 Å². The molecular weight excluding hydrogens is 128 g/mol. The van der Waals surface area contributed by atoms with Crippen LogP contribution in [-0.2, 0) is 0 Å². The molecule has 58 valence electrons. The summed E-state index contributed by atoms with van der Waals surface area (Å²) in [4.78, 5) is 0. The highest BCUT2D eigenvalue weighted by Gasteiger charge is 2.18. The van der Waals surface area contributed by atoms with Gasteiger partial charge in [-0.1, -0.05) is 11.6 Å². The van der Waals surface area contributed by atoms with Crippen molar-refractivity contribution < 1.29 is 10.2 Å². The Bertz CT molecular complexity index is 140. The maximum atomic E-state index is 9.17. The van der Waals surface area contributed by atoms with Gasteiger partial charge in [-0.05, 0) is 19.8 Å². The van der Waals surface area contributed by atoms with E-state index in [-0.39, 0.29) is 18.6 Å². The minimum atomic E-state index is -0.235. The van der Waals surface area contributed by atoms with E-state index in [0.717, 1.165) is 12.8 Å². The lowest BCUT2D eigenvalue weighted by atomic mass is 9.88. The molecule has 2 heteroatoms. The molecule has 0 amide bonds. The maximum absolute atomic E-state index is 9.17. The van der Waals surface area contributed by atoms with Gasteiger partial charge in [-0.3, -0.25) is 0 Å². The molecule has 1 aliphatic carbocycles. The zero-order valence-corrected chi connectivity index (χ0v) is 6.25. The fourth-order valence-corrected chi connectivity index (χ4v) is 1.32. The molecule has 0 aliphatic heterocycles. The van der Waals surface area contributed by atoms with E-state index in [1.165, 1.54) is 5.57 Å². The molecule has 0 saturated heterocycles. The molecule has 0 aromatic carbocycles. The van der Waals surface area contributed by atoms with Gasteiger partial charge in [-0.2, -0.15) is 0 Å². The van der Waals surface area contributed by atoms with Gasteiger partial charge in [-0.15, -0.1) is 0 Å². The minimum absolute atomic E-state index is 0.166. The summed E-state index contributed by atoms with van der Waals surface area (Å²) in [7, 11) is 0. The highest BCUT2D eigenvalue weighted by atomic mass is 16.3. The second-order valence-electron chi connectivity index (χ2n) is 2.95. The summed E-state index contributed by atoms with van der Waals surface area (Å²) in [6.45, 7) is 2.17. The Morgan fingerprint density at radius 2 is 2.40 bits per heavy atom. The highest BCUT2D eigenvalue weighted by molar-refractivity contribution is 5.08. The Hall–Kier alpha value is -0.340. The zero-order chi connectivity index (χ0) is 7.56. The van der Waals surface area contributed by atoms with Gasteiger partial charge in [-0.25, -0.2) is 0 Å². The summed E-state index contributed by atoms with van der Waals surface area (Å²) >= 11 is 0. The van der Waals surface area contributed by atoms with Crippen molar-refractivity contribution in [1.82, 2.24) is 0 Å². The molecule has 0 fully saturated rings. The van der Waals surface area contributed by atoms with Crippen LogP contribution in [0.2, 0.25) is 0 Å². The summed E-state index contributed by atoms with van der Waals surface area (Å²) < 4.78 is 0. The second kappa shape index (κ2) is 3.17. The number of rotatable bonds is 1. The quantitative estimate of drug-likeness (QED) is 0.529. The van der Waals surface area contributed by atoms with Crippen molar-refractivity contribution >= 4 is 0 Å². The second-order valence-corrected chi connectivity index (χ2v) is 2.95. The van der Waals surface area contributed by atoms with E-state index in [1.807, 2.05) is 13.0 Å². The van der Waals surface area contributed by atoms with Crippen LogP contribution in [0.5, 0.6) is 0 Å². The molecule has 0 saturated carbocycles. The Kier molecular flexibility index (Phi) is 2.46. The molecule has 0 unspecified atom stereocenters. The third-order valence-corrected chi connectivity index (χ3v) is 2.13. The normalized spacial score (nSPS) is 33.7. The molecule has 0 aromatic heterocycles. The Labute approximate surface area is 61.2 Å². The van der Waals surface area contributed by atoms with E-state index in [2.05, 4.69) is 0 Å². The first-order valence-electron chi connectivity index (χ1n) is 3.69. The van der Waals surface area contributed by atoms with Crippen LogP contribution in [0.3, 0.4) is 0 Å². The van der Waals surface area contributed by atoms with Crippen molar-refractivity contribution in [3.05, 3.63) is 11.6 Å². The predicted molar refractivity (Wildman–Crippen MR) is 39.6 cm³/mol. The van der Waals surface area contributed by atoms with Crippen molar-refractivity contribution in [3.63, 3.8) is 0 Å². The standard InChI is InChI=1S/C8H14O2/c1-6-2-3-8(10)4-7(6)5-9/h2,7-10H,3-5H2,1H3/t7-,8-/m1/s1. The zero-order valence-electron chi connectivity index (χ0n) is 6.25. The van der Waals surface area contributed by atoms with Crippen molar-refractivity contribution in [1.29, 1.82) is 0 Å². The van der Waals surface area contributed by atoms with Crippen molar-refractivity contribution in [2.24, 2.45) is 5.92 Å². The van der Waals surface area contributed by atoms with E-state index >= 15 is 0 Å². The molecule has 2 N–H and O–H groups in total. The molecule has 0 spiro atoms. The largest absolute Gasteiger partial charge is 0.396 e. The molecule has 0 radical (unpaired) electrons. The fraction of sp³-hybridized carbons (Fsp3) is 0.750.